The molecule has 0 spiro atoms. The molecule has 0 aliphatic carbocycles. The quantitative estimate of drug-likeness (QED) is 0.852. The first kappa shape index (κ1) is 15.5. The molecule has 2 atom stereocenters. The Kier molecular flexibility index (Phi) is 6.06. The van der Waals surface area contributed by atoms with E-state index in [0.29, 0.717) is 12.1 Å². The van der Waals surface area contributed by atoms with Crippen LogP contribution in [0.5, 0.6) is 0 Å². The first-order chi connectivity index (χ1) is 9.76. The third-order valence-electron chi connectivity index (χ3n) is 4.54. The van der Waals surface area contributed by atoms with Crippen LogP contribution in [-0.4, -0.2) is 30.1 Å². The maximum atomic E-state index is 3.71. The number of benzene rings is 1. The van der Waals surface area contributed by atoms with Gasteiger partial charge in [0.2, 0.25) is 0 Å². The van der Waals surface area contributed by atoms with Crippen molar-refractivity contribution in [3.63, 3.8) is 0 Å². The lowest BCUT2D eigenvalue weighted by atomic mass is 10.0. The lowest BCUT2D eigenvalue weighted by molar-refractivity contribution is 0.115. The minimum Gasteiger partial charge on any atom is -0.311 e. The highest BCUT2D eigenvalue weighted by Crippen LogP contribution is 2.17. The van der Waals surface area contributed by atoms with E-state index in [1.807, 2.05) is 0 Å². The summed E-state index contributed by atoms with van der Waals surface area (Å²) in [6, 6.07) is 10.5. The van der Waals surface area contributed by atoms with Crippen LogP contribution in [0, 0.1) is 0 Å². The number of nitrogens with zero attached hydrogens (tertiary/aromatic N) is 1. The van der Waals surface area contributed by atoms with Crippen molar-refractivity contribution in [2.75, 3.05) is 13.1 Å². The molecule has 0 bridgehead atoms. The Morgan fingerprint density at radius 2 is 1.80 bits per heavy atom. The van der Waals surface area contributed by atoms with E-state index in [1.165, 1.54) is 36.9 Å². The largest absolute Gasteiger partial charge is 0.311 e. The summed E-state index contributed by atoms with van der Waals surface area (Å²) >= 11 is 0. The molecule has 1 aliphatic heterocycles. The monoisotopic (exact) mass is 274 g/mol. The van der Waals surface area contributed by atoms with Crippen LogP contribution in [0.1, 0.15) is 51.2 Å². The van der Waals surface area contributed by atoms with Gasteiger partial charge in [0.1, 0.15) is 0 Å². The molecule has 112 valence electrons. The van der Waals surface area contributed by atoms with Gasteiger partial charge in [0, 0.05) is 31.7 Å². The third-order valence-corrected chi connectivity index (χ3v) is 4.54. The molecule has 0 aromatic heterocycles. The van der Waals surface area contributed by atoms with Gasteiger partial charge in [0.15, 0.2) is 0 Å². The molecule has 0 saturated carbocycles. The second-order valence-corrected chi connectivity index (χ2v) is 6.06. The molecule has 2 heteroatoms. The molecule has 20 heavy (non-hydrogen) atoms. The van der Waals surface area contributed by atoms with Gasteiger partial charge in [-0.05, 0) is 30.4 Å². The summed E-state index contributed by atoms with van der Waals surface area (Å²) in [6.45, 7) is 10.2. The standard InChI is InChI=1S/C18H30N2/c1-4-7-17-14-20(18(6-3)12-19-17)13-16-10-8-15(5-2)9-11-16/h8-11,17-19H,4-7,12-14H2,1-3H3. The molecular weight excluding hydrogens is 244 g/mol. The molecule has 1 aromatic rings. The van der Waals surface area contributed by atoms with Crippen LogP contribution in [0.4, 0.5) is 0 Å². The van der Waals surface area contributed by atoms with Crippen molar-refractivity contribution in [2.24, 2.45) is 0 Å². The number of hydrogen-bond acceptors (Lipinski definition) is 2. The number of piperazine rings is 1. The molecule has 1 fully saturated rings. The Hall–Kier alpha value is -0.860. The molecule has 1 saturated heterocycles. The van der Waals surface area contributed by atoms with Crippen molar-refractivity contribution in [1.29, 1.82) is 0 Å². The SMILES string of the molecule is CCCC1CN(Cc2ccc(CC)cc2)C(CC)CN1. The molecule has 1 heterocycles. The van der Waals surface area contributed by atoms with Gasteiger partial charge in [0.05, 0.1) is 0 Å². The number of hydrogen-bond donors (Lipinski definition) is 1. The summed E-state index contributed by atoms with van der Waals surface area (Å²) in [5.74, 6) is 0. The average Bonchev–Trinajstić information content (AvgIpc) is 2.49. The van der Waals surface area contributed by atoms with Crippen molar-refractivity contribution >= 4 is 0 Å². The van der Waals surface area contributed by atoms with Crippen LogP contribution < -0.4 is 5.32 Å². The topological polar surface area (TPSA) is 15.3 Å². The van der Waals surface area contributed by atoms with E-state index in [0.717, 1.165) is 19.5 Å². The Morgan fingerprint density at radius 1 is 1.10 bits per heavy atom. The van der Waals surface area contributed by atoms with Gasteiger partial charge in [-0.25, -0.2) is 0 Å². The van der Waals surface area contributed by atoms with Crippen LogP contribution in [0.15, 0.2) is 24.3 Å². The van der Waals surface area contributed by atoms with E-state index in [-0.39, 0.29) is 0 Å². The van der Waals surface area contributed by atoms with Gasteiger partial charge in [0.25, 0.3) is 0 Å². The molecular formula is C18H30N2. The Labute approximate surface area is 124 Å². The Balaban J connectivity index is 1.99. The average molecular weight is 274 g/mol. The fourth-order valence-corrected chi connectivity index (χ4v) is 3.18. The van der Waals surface area contributed by atoms with E-state index < -0.39 is 0 Å². The zero-order chi connectivity index (χ0) is 14.4. The van der Waals surface area contributed by atoms with Crippen molar-refractivity contribution in [2.45, 2.75) is 65.1 Å². The van der Waals surface area contributed by atoms with Crippen molar-refractivity contribution in [3.8, 4) is 0 Å². The Bertz CT molecular complexity index is 385. The summed E-state index contributed by atoms with van der Waals surface area (Å²) in [6.07, 6.45) is 4.93. The zero-order valence-electron chi connectivity index (χ0n) is 13.4. The summed E-state index contributed by atoms with van der Waals surface area (Å²) in [5.41, 5.74) is 2.89. The second kappa shape index (κ2) is 7.80. The highest BCUT2D eigenvalue weighted by molar-refractivity contribution is 5.22. The molecule has 2 rings (SSSR count). The molecule has 1 aromatic carbocycles. The van der Waals surface area contributed by atoms with Crippen molar-refractivity contribution < 1.29 is 0 Å². The zero-order valence-corrected chi connectivity index (χ0v) is 13.4. The molecule has 2 nitrogen and oxygen atoms in total. The van der Waals surface area contributed by atoms with Crippen molar-refractivity contribution in [3.05, 3.63) is 35.4 Å². The van der Waals surface area contributed by atoms with E-state index in [4.69, 9.17) is 0 Å². The van der Waals surface area contributed by atoms with Crippen LogP contribution in [0.25, 0.3) is 0 Å². The van der Waals surface area contributed by atoms with Crippen LogP contribution in [0.3, 0.4) is 0 Å². The van der Waals surface area contributed by atoms with Crippen molar-refractivity contribution in [1.82, 2.24) is 10.2 Å². The predicted octanol–water partition coefficient (Wildman–Crippen LogP) is 3.60. The maximum Gasteiger partial charge on any atom is 0.0237 e. The number of aryl methyl sites for hydroxylation is 1. The highest BCUT2D eigenvalue weighted by atomic mass is 15.2. The van der Waals surface area contributed by atoms with Crippen LogP contribution >= 0.6 is 0 Å². The number of nitrogens with one attached hydrogen (secondary N) is 1. The Morgan fingerprint density at radius 3 is 2.40 bits per heavy atom. The lowest BCUT2D eigenvalue weighted by Crippen LogP contribution is -2.55. The maximum absolute atomic E-state index is 3.71. The summed E-state index contributed by atoms with van der Waals surface area (Å²) in [4.78, 5) is 2.68. The van der Waals surface area contributed by atoms with E-state index in [2.05, 4.69) is 55.3 Å². The fourth-order valence-electron chi connectivity index (χ4n) is 3.18. The molecule has 1 N–H and O–H groups in total. The van der Waals surface area contributed by atoms with Gasteiger partial charge in [-0.1, -0.05) is 51.5 Å². The van der Waals surface area contributed by atoms with Gasteiger partial charge in [-0.15, -0.1) is 0 Å². The number of rotatable bonds is 6. The van der Waals surface area contributed by atoms with Gasteiger partial charge in [-0.2, -0.15) is 0 Å². The minimum absolute atomic E-state index is 0.678. The first-order valence-corrected chi connectivity index (χ1v) is 8.32. The van der Waals surface area contributed by atoms with Gasteiger partial charge >= 0.3 is 0 Å². The smallest absolute Gasteiger partial charge is 0.0237 e. The minimum atomic E-state index is 0.678. The first-order valence-electron chi connectivity index (χ1n) is 8.32. The second-order valence-electron chi connectivity index (χ2n) is 6.06. The summed E-state index contributed by atoms with van der Waals surface area (Å²) in [5, 5.41) is 3.71. The summed E-state index contributed by atoms with van der Waals surface area (Å²) < 4.78 is 0. The highest BCUT2D eigenvalue weighted by Gasteiger charge is 2.25. The van der Waals surface area contributed by atoms with Gasteiger partial charge in [-0.3, -0.25) is 4.90 Å². The predicted molar refractivity (Wildman–Crippen MR) is 87.0 cm³/mol. The van der Waals surface area contributed by atoms with E-state index in [9.17, 15) is 0 Å². The van der Waals surface area contributed by atoms with E-state index in [1.54, 1.807) is 0 Å². The third kappa shape index (κ3) is 4.07. The van der Waals surface area contributed by atoms with Gasteiger partial charge < -0.3 is 5.32 Å². The lowest BCUT2D eigenvalue weighted by Gasteiger charge is -2.40. The molecule has 1 aliphatic rings. The van der Waals surface area contributed by atoms with E-state index >= 15 is 0 Å². The molecule has 2 unspecified atom stereocenters. The molecule has 0 amide bonds. The van der Waals surface area contributed by atoms with Crippen LogP contribution in [0.2, 0.25) is 0 Å². The summed E-state index contributed by atoms with van der Waals surface area (Å²) in [7, 11) is 0. The molecule has 0 radical (unpaired) electrons. The van der Waals surface area contributed by atoms with Crippen LogP contribution in [-0.2, 0) is 13.0 Å². The normalized spacial score (nSPS) is 23.9. The fraction of sp³-hybridized carbons (Fsp3) is 0.667.